The number of rotatable bonds is 0. The highest BCUT2D eigenvalue weighted by atomic mass is 19.4. The highest BCUT2D eigenvalue weighted by molar-refractivity contribution is 5.04. The summed E-state index contributed by atoms with van der Waals surface area (Å²) in [5, 5.41) is 0. The summed E-state index contributed by atoms with van der Waals surface area (Å²) in [6.45, 7) is 1.97. The number of hydrogen-bond donors (Lipinski definition) is 0. The Morgan fingerprint density at radius 3 is 1.91 bits per heavy atom. The fraction of sp³-hybridized carbons (Fsp3) is 1.00. The Balaban J connectivity index is 2.11. The Kier molecular flexibility index (Phi) is 1.18. The van der Waals surface area contributed by atoms with Crippen molar-refractivity contribution in [3.05, 3.63) is 0 Å². The van der Waals surface area contributed by atoms with Crippen molar-refractivity contribution in [1.82, 2.24) is 0 Å². The van der Waals surface area contributed by atoms with Gasteiger partial charge < -0.3 is 0 Å². The van der Waals surface area contributed by atoms with Crippen molar-refractivity contribution < 1.29 is 13.2 Å². The van der Waals surface area contributed by atoms with E-state index in [-0.39, 0.29) is 11.3 Å². The maximum atomic E-state index is 12.2. The molecule has 0 nitrogen and oxygen atoms in total. The minimum Gasteiger partial charge on any atom is -0.171 e. The lowest BCUT2D eigenvalue weighted by molar-refractivity contribution is -0.180. The molecule has 3 aliphatic carbocycles. The van der Waals surface area contributed by atoms with Crippen molar-refractivity contribution in [3.63, 3.8) is 0 Å². The summed E-state index contributed by atoms with van der Waals surface area (Å²) >= 11 is 0. The fourth-order valence-corrected chi connectivity index (χ4v) is 2.74. The lowest BCUT2D eigenvalue weighted by atomic mass is 9.71. The van der Waals surface area contributed by atoms with Crippen LogP contribution in [0.5, 0.6) is 0 Å². The average Bonchev–Trinajstić information content (AvgIpc) is 2.15. The molecule has 0 spiro atoms. The quantitative estimate of drug-likeness (QED) is 0.516. The smallest absolute Gasteiger partial charge is 0.171 e. The Bertz CT molecular complexity index is 176. The molecule has 2 bridgehead atoms. The molecule has 0 aromatic heterocycles. The van der Waals surface area contributed by atoms with Gasteiger partial charge in [0.05, 0.1) is 5.92 Å². The molecule has 1 atom stereocenters. The van der Waals surface area contributed by atoms with Gasteiger partial charge in [-0.05, 0) is 30.6 Å². The lowest BCUT2D eigenvalue weighted by Crippen LogP contribution is -2.28. The minimum atomic E-state index is -3.93. The molecular weight excluding hydrogens is 153 g/mol. The maximum absolute atomic E-state index is 12.2. The molecule has 0 aromatic rings. The summed E-state index contributed by atoms with van der Waals surface area (Å²) in [4.78, 5) is 0. The molecule has 11 heavy (non-hydrogen) atoms. The molecule has 0 aliphatic heterocycles. The van der Waals surface area contributed by atoms with E-state index in [4.69, 9.17) is 0 Å². The van der Waals surface area contributed by atoms with Gasteiger partial charge in [-0.25, -0.2) is 0 Å². The highest BCUT2D eigenvalue weighted by Crippen LogP contribution is 2.64. The lowest BCUT2D eigenvalue weighted by Gasteiger charge is -2.34. The standard InChI is InChI=1S/C8H11F3/c1-7-2-5(3-7)6(4-7)8(9,10)11/h5-6H,2-4H2,1H3. The van der Waals surface area contributed by atoms with E-state index in [1.807, 2.05) is 6.92 Å². The Hall–Kier alpha value is -0.210. The van der Waals surface area contributed by atoms with Crippen molar-refractivity contribution in [2.75, 3.05) is 0 Å². The molecular formula is C8H11F3. The first kappa shape index (κ1) is 7.44. The maximum Gasteiger partial charge on any atom is 0.392 e. The van der Waals surface area contributed by atoms with E-state index in [0.29, 0.717) is 6.42 Å². The number of alkyl halides is 3. The Morgan fingerprint density at radius 2 is 1.73 bits per heavy atom. The monoisotopic (exact) mass is 164 g/mol. The van der Waals surface area contributed by atoms with Crippen molar-refractivity contribution in [3.8, 4) is 0 Å². The summed E-state index contributed by atoms with van der Waals surface area (Å²) < 4.78 is 36.6. The Labute approximate surface area is 63.8 Å². The zero-order chi connectivity index (χ0) is 8.28. The van der Waals surface area contributed by atoms with E-state index in [1.165, 1.54) is 0 Å². The van der Waals surface area contributed by atoms with Gasteiger partial charge in [0.15, 0.2) is 0 Å². The Morgan fingerprint density at radius 1 is 1.18 bits per heavy atom. The molecule has 0 radical (unpaired) electrons. The van der Waals surface area contributed by atoms with E-state index in [9.17, 15) is 13.2 Å². The van der Waals surface area contributed by atoms with Crippen LogP contribution in [-0.2, 0) is 0 Å². The molecule has 0 saturated heterocycles. The molecule has 3 rings (SSSR count). The zero-order valence-corrected chi connectivity index (χ0v) is 6.41. The third-order valence-electron chi connectivity index (χ3n) is 3.21. The van der Waals surface area contributed by atoms with Gasteiger partial charge in [-0.1, -0.05) is 6.92 Å². The van der Waals surface area contributed by atoms with Crippen LogP contribution >= 0.6 is 0 Å². The van der Waals surface area contributed by atoms with E-state index >= 15 is 0 Å². The van der Waals surface area contributed by atoms with Crippen molar-refractivity contribution in [2.24, 2.45) is 17.3 Å². The predicted octanol–water partition coefficient (Wildman–Crippen LogP) is 2.98. The van der Waals surface area contributed by atoms with Crippen molar-refractivity contribution >= 4 is 0 Å². The fourth-order valence-electron chi connectivity index (χ4n) is 2.74. The van der Waals surface area contributed by atoms with Gasteiger partial charge in [0.1, 0.15) is 0 Å². The number of halogens is 3. The number of fused-ring (bicyclic) bond motifs is 1. The van der Waals surface area contributed by atoms with Crippen molar-refractivity contribution in [1.29, 1.82) is 0 Å². The van der Waals surface area contributed by atoms with E-state index < -0.39 is 12.1 Å². The molecule has 3 saturated carbocycles. The minimum absolute atomic E-state index is 0.0417. The third-order valence-corrected chi connectivity index (χ3v) is 3.21. The van der Waals surface area contributed by atoms with E-state index in [1.54, 1.807) is 0 Å². The van der Waals surface area contributed by atoms with Gasteiger partial charge >= 0.3 is 6.18 Å². The van der Waals surface area contributed by atoms with Crippen LogP contribution < -0.4 is 0 Å². The topological polar surface area (TPSA) is 0 Å². The number of hydrogen-bond acceptors (Lipinski definition) is 0. The second kappa shape index (κ2) is 1.75. The van der Waals surface area contributed by atoms with Crippen LogP contribution in [0.25, 0.3) is 0 Å². The van der Waals surface area contributed by atoms with Crippen LogP contribution in [0, 0.1) is 17.3 Å². The summed E-state index contributed by atoms with van der Waals surface area (Å²) in [5.41, 5.74) is 0.0465. The molecule has 3 fully saturated rings. The normalized spacial score (nSPS) is 49.1. The SMILES string of the molecule is CC12CC(C1)C(C(F)(F)F)C2. The summed E-state index contributed by atoms with van der Waals surface area (Å²) in [5.74, 6) is -1.02. The second-order valence-corrected chi connectivity index (χ2v) is 4.33. The second-order valence-electron chi connectivity index (χ2n) is 4.33. The first-order valence-corrected chi connectivity index (χ1v) is 3.97. The molecule has 64 valence electrons. The third kappa shape index (κ3) is 0.967. The van der Waals surface area contributed by atoms with Crippen LogP contribution in [0.3, 0.4) is 0 Å². The largest absolute Gasteiger partial charge is 0.392 e. The van der Waals surface area contributed by atoms with Gasteiger partial charge in [0, 0.05) is 0 Å². The summed E-state index contributed by atoms with van der Waals surface area (Å²) in [6.07, 6.45) is -1.95. The zero-order valence-electron chi connectivity index (χ0n) is 6.41. The summed E-state index contributed by atoms with van der Waals surface area (Å²) in [6, 6.07) is 0. The van der Waals surface area contributed by atoms with Crippen LogP contribution in [0.2, 0.25) is 0 Å². The van der Waals surface area contributed by atoms with Gasteiger partial charge in [-0.15, -0.1) is 0 Å². The van der Waals surface area contributed by atoms with Crippen LogP contribution in [0.1, 0.15) is 26.2 Å². The molecule has 1 unspecified atom stereocenters. The molecule has 0 N–H and O–H groups in total. The van der Waals surface area contributed by atoms with E-state index in [2.05, 4.69) is 0 Å². The highest BCUT2D eigenvalue weighted by Gasteiger charge is 2.61. The first-order valence-electron chi connectivity index (χ1n) is 3.97. The van der Waals surface area contributed by atoms with Crippen molar-refractivity contribution in [2.45, 2.75) is 32.4 Å². The van der Waals surface area contributed by atoms with Gasteiger partial charge in [-0.2, -0.15) is 13.2 Å². The summed E-state index contributed by atoms with van der Waals surface area (Å²) in [7, 11) is 0. The van der Waals surface area contributed by atoms with Gasteiger partial charge in [-0.3, -0.25) is 0 Å². The van der Waals surface area contributed by atoms with Crippen LogP contribution in [0.15, 0.2) is 0 Å². The molecule has 3 heteroatoms. The average molecular weight is 164 g/mol. The molecule has 0 heterocycles. The predicted molar refractivity (Wildman–Crippen MR) is 35.0 cm³/mol. The van der Waals surface area contributed by atoms with Gasteiger partial charge in [0.2, 0.25) is 0 Å². The van der Waals surface area contributed by atoms with Gasteiger partial charge in [0.25, 0.3) is 0 Å². The van der Waals surface area contributed by atoms with Crippen LogP contribution in [0.4, 0.5) is 13.2 Å². The first-order chi connectivity index (χ1) is 4.91. The molecule has 3 aliphatic rings. The van der Waals surface area contributed by atoms with E-state index in [0.717, 1.165) is 12.8 Å². The molecule has 0 aromatic carbocycles. The van der Waals surface area contributed by atoms with Crippen LogP contribution in [-0.4, -0.2) is 6.18 Å². The molecule has 0 amide bonds.